The van der Waals surface area contributed by atoms with Crippen LogP contribution < -0.4 is 10.6 Å². The van der Waals surface area contributed by atoms with Crippen LogP contribution in [0.5, 0.6) is 0 Å². The molecule has 2 nitrogen and oxygen atoms in total. The molecular weight excluding hydrogens is 268 g/mol. The van der Waals surface area contributed by atoms with Crippen LogP contribution in [0.25, 0.3) is 0 Å². The smallest absolute Gasteiger partial charge is 0.0642 e. The maximum Gasteiger partial charge on any atom is 0.0642 e. The number of hydrogen-bond acceptors (Lipinski definition) is 2. The zero-order valence-electron chi connectivity index (χ0n) is 13.1. The third kappa shape index (κ3) is 3.48. The van der Waals surface area contributed by atoms with E-state index in [1.54, 1.807) is 0 Å². The summed E-state index contributed by atoms with van der Waals surface area (Å²) in [4.78, 5) is 2.41. The third-order valence-electron chi connectivity index (χ3n) is 4.56. The Labute approximate surface area is 128 Å². The van der Waals surface area contributed by atoms with E-state index in [2.05, 4.69) is 37.8 Å². The molecule has 3 heteroatoms. The summed E-state index contributed by atoms with van der Waals surface area (Å²) in [5, 5.41) is 0.828. The van der Waals surface area contributed by atoms with Gasteiger partial charge in [0.1, 0.15) is 0 Å². The Kier molecular flexibility index (Phi) is 4.66. The van der Waals surface area contributed by atoms with Crippen molar-refractivity contribution in [2.45, 2.75) is 46.6 Å². The van der Waals surface area contributed by atoms with Crippen LogP contribution in [0.1, 0.15) is 52.1 Å². The quantitative estimate of drug-likeness (QED) is 0.862. The molecule has 1 heterocycles. The number of piperidine rings is 1. The van der Waals surface area contributed by atoms with Crippen LogP contribution in [0.3, 0.4) is 0 Å². The number of nitrogens with two attached hydrogens (primary N) is 1. The van der Waals surface area contributed by atoms with E-state index in [4.69, 9.17) is 17.3 Å². The minimum absolute atomic E-state index is 0.0353. The number of rotatable bonds is 2. The largest absolute Gasteiger partial charge is 0.370 e. The van der Waals surface area contributed by atoms with Crippen LogP contribution in [0, 0.1) is 11.3 Å². The highest BCUT2D eigenvalue weighted by atomic mass is 35.5. The van der Waals surface area contributed by atoms with Gasteiger partial charge in [-0.05, 0) is 48.8 Å². The van der Waals surface area contributed by atoms with Crippen molar-refractivity contribution in [3.63, 3.8) is 0 Å². The number of nitrogens with zero attached hydrogens (tertiary/aromatic N) is 1. The lowest BCUT2D eigenvalue weighted by Crippen LogP contribution is -2.38. The van der Waals surface area contributed by atoms with Gasteiger partial charge in [0, 0.05) is 19.1 Å². The van der Waals surface area contributed by atoms with E-state index >= 15 is 0 Å². The Bertz CT molecular complexity index is 455. The van der Waals surface area contributed by atoms with Gasteiger partial charge in [0.05, 0.1) is 10.7 Å². The molecule has 0 spiro atoms. The first kappa shape index (κ1) is 15.7. The maximum atomic E-state index is 6.44. The van der Waals surface area contributed by atoms with Crippen LogP contribution in [-0.4, -0.2) is 13.1 Å². The molecule has 0 aliphatic carbocycles. The Hall–Kier alpha value is -0.730. The zero-order chi connectivity index (χ0) is 14.9. The van der Waals surface area contributed by atoms with Gasteiger partial charge in [0.2, 0.25) is 0 Å². The monoisotopic (exact) mass is 294 g/mol. The molecule has 1 saturated heterocycles. The fourth-order valence-electron chi connectivity index (χ4n) is 3.05. The van der Waals surface area contributed by atoms with E-state index in [-0.39, 0.29) is 6.04 Å². The molecule has 20 heavy (non-hydrogen) atoms. The molecule has 1 aliphatic heterocycles. The molecule has 1 aromatic rings. The molecule has 0 saturated carbocycles. The van der Waals surface area contributed by atoms with Crippen molar-refractivity contribution in [1.29, 1.82) is 0 Å². The molecule has 1 aliphatic rings. The second-order valence-electron chi connectivity index (χ2n) is 7.13. The van der Waals surface area contributed by atoms with Crippen molar-refractivity contribution >= 4 is 17.3 Å². The molecular formula is C17H27ClN2. The SMILES string of the molecule is C[C@H](N)c1ccc(N2CCC(C(C)(C)C)CC2)c(Cl)c1. The second kappa shape index (κ2) is 5.95. The fourth-order valence-corrected chi connectivity index (χ4v) is 3.36. The molecule has 0 radical (unpaired) electrons. The summed E-state index contributed by atoms with van der Waals surface area (Å²) in [5.41, 5.74) is 8.57. The van der Waals surface area contributed by atoms with Gasteiger partial charge in [-0.1, -0.05) is 38.4 Å². The average molecular weight is 295 g/mol. The normalized spacial score (nSPS) is 19.2. The number of anilines is 1. The predicted octanol–water partition coefficient (Wildman–Crippen LogP) is 4.62. The Morgan fingerprint density at radius 3 is 2.30 bits per heavy atom. The summed E-state index contributed by atoms with van der Waals surface area (Å²) >= 11 is 6.44. The zero-order valence-corrected chi connectivity index (χ0v) is 13.9. The summed E-state index contributed by atoms with van der Waals surface area (Å²) in [6.45, 7) is 11.2. The molecule has 1 fully saturated rings. The first-order chi connectivity index (χ1) is 9.29. The van der Waals surface area contributed by atoms with Crippen LogP contribution in [0.15, 0.2) is 18.2 Å². The van der Waals surface area contributed by atoms with Crippen LogP contribution >= 0.6 is 11.6 Å². The van der Waals surface area contributed by atoms with E-state index in [1.165, 1.54) is 12.8 Å². The van der Waals surface area contributed by atoms with E-state index in [0.717, 1.165) is 35.3 Å². The van der Waals surface area contributed by atoms with Gasteiger partial charge in [-0.3, -0.25) is 0 Å². The Morgan fingerprint density at radius 2 is 1.85 bits per heavy atom. The molecule has 0 bridgehead atoms. The highest BCUT2D eigenvalue weighted by molar-refractivity contribution is 6.33. The number of benzene rings is 1. The summed E-state index contributed by atoms with van der Waals surface area (Å²) in [5.74, 6) is 0.806. The summed E-state index contributed by atoms with van der Waals surface area (Å²) in [6.07, 6.45) is 2.49. The topological polar surface area (TPSA) is 29.3 Å². The molecule has 112 valence electrons. The molecule has 1 atom stereocenters. The van der Waals surface area contributed by atoms with E-state index in [9.17, 15) is 0 Å². The minimum atomic E-state index is 0.0353. The van der Waals surface area contributed by atoms with Gasteiger partial charge >= 0.3 is 0 Å². The van der Waals surface area contributed by atoms with Crippen molar-refractivity contribution in [2.75, 3.05) is 18.0 Å². The summed E-state index contributed by atoms with van der Waals surface area (Å²) in [7, 11) is 0. The van der Waals surface area contributed by atoms with Gasteiger partial charge < -0.3 is 10.6 Å². The molecule has 0 unspecified atom stereocenters. The molecule has 1 aromatic carbocycles. The standard InChI is InChI=1S/C17H27ClN2/c1-12(19)13-5-6-16(15(18)11-13)20-9-7-14(8-10-20)17(2,3)4/h5-6,11-12,14H,7-10,19H2,1-4H3/t12-/m0/s1. The fraction of sp³-hybridized carbons (Fsp3) is 0.647. The first-order valence-electron chi connectivity index (χ1n) is 7.59. The highest BCUT2D eigenvalue weighted by Crippen LogP contribution is 2.37. The molecule has 0 amide bonds. The molecule has 0 aromatic heterocycles. The predicted molar refractivity (Wildman–Crippen MR) is 88.4 cm³/mol. The lowest BCUT2D eigenvalue weighted by molar-refractivity contribution is 0.199. The van der Waals surface area contributed by atoms with E-state index in [0.29, 0.717) is 5.41 Å². The molecule has 2 rings (SSSR count). The van der Waals surface area contributed by atoms with Crippen molar-refractivity contribution in [2.24, 2.45) is 17.1 Å². The van der Waals surface area contributed by atoms with E-state index in [1.807, 2.05) is 13.0 Å². The summed E-state index contributed by atoms with van der Waals surface area (Å²) in [6, 6.07) is 6.27. The van der Waals surface area contributed by atoms with Crippen molar-refractivity contribution in [1.82, 2.24) is 0 Å². The van der Waals surface area contributed by atoms with Gasteiger partial charge in [0.25, 0.3) is 0 Å². The Balaban J connectivity index is 2.07. The number of halogens is 1. The molecule has 2 N–H and O–H groups in total. The summed E-state index contributed by atoms with van der Waals surface area (Å²) < 4.78 is 0. The average Bonchev–Trinajstić information content (AvgIpc) is 2.37. The second-order valence-corrected chi connectivity index (χ2v) is 7.53. The number of hydrogen-bond donors (Lipinski definition) is 1. The lowest BCUT2D eigenvalue weighted by Gasteiger charge is -2.40. The van der Waals surface area contributed by atoms with Crippen molar-refractivity contribution in [3.05, 3.63) is 28.8 Å². The van der Waals surface area contributed by atoms with E-state index < -0.39 is 0 Å². The van der Waals surface area contributed by atoms with Crippen molar-refractivity contribution < 1.29 is 0 Å². The minimum Gasteiger partial charge on any atom is -0.370 e. The van der Waals surface area contributed by atoms with Crippen LogP contribution in [0.2, 0.25) is 5.02 Å². The van der Waals surface area contributed by atoms with Gasteiger partial charge in [0.15, 0.2) is 0 Å². The van der Waals surface area contributed by atoms with Gasteiger partial charge in [-0.25, -0.2) is 0 Å². The van der Waals surface area contributed by atoms with Gasteiger partial charge in [-0.15, -0.1) is 0 Å². The Morgan fingerprint density at radius 1 is 1.25 bits per heavy atom. The van der Waals surface area contributed by atoms with Crippen molar-refractivity contribution in [3.8, 4) is 0 Å². The van der Waals surface area contributed by atoms with Crippen LogP contribution in [0.4, 0.5) is 5.69 Å². The van der Waals surface area contributed by atoms with Gasteiger partial charge in [-0.2, -0.15) is 0 Å². The first-order valence-corrected chi connectivity index (χ1v) is 7.97. The lowest BCUT2D eigenvalue weighted by atomic mass is 9.75. The maximum absolute atomic E-state index is 6.44. The van der Waals surface area contributed by atoms with Crippen LogP contribution in [-0.2, 0) is 0 Å². The highest BCUT2D eigenvalue weighted by Gasteiger charge is 2.29. The third-order valence-corrected chi connectivity index (χ3v) is 4.86.